The summed E-state index contributed by atoms with van der Waals surface area (Å²) in [6, 6.07) is 6.73. The highest BCUT2D eigenvalue weighted by Gasteiger charge is 2.54. The van der Waals surface area contributed by atoms with Crippen molar-refractivity contribution in [2.75, 3.05) is 6.54 Å². The van der Waals surface area contributed by atoms with Gasteiger partial charge in [-0.1, -0.05) is 18.9 Å². The first-order valence-corrected chi connectivity index (χ1v) is 8.41. The van der Waals surface area contributed by atoms with E-state index in [0.717, 1.165) is 38.5 Å². The van der Waals surface area contributed by atoms with Gasteiger partial charge < -0.3 is 10.8 Å². The Morgan fingerprint density at radius 2 is 2.00 bits per heavy atom. The largest absolute Gasteiger partial charge is 0.389 e. The Hall–Kier alpha value is -0.130. The van der Waals surface area contributed by atoms with Crippen molar-refractivity contribution in [1.29, 1.82) is 0 Å². The Labute approximate surface area is 128 Å². The van der Waals surface area contributed by atoms with Gasteiger partial charge in [0.25, 0.3) is 0 Å². The second kappa shape index (κ2) is 5.01. The minimum absolute atomic E-state index is 0.0885. The fourth-order valence-corrected chi connectivity index (χ4v) is 4.85. The van der Waals surface area contributed by atoms with Gasteiger partial charge in [0.05, 0.1) is 5.60 Å². The Morgan fingerprint density at radius 1 is 1.21 bits per heavy atom. The molecule has 0 aromatic heterocycles. The number of hydrogen-bond acceptors (Lipinski definition) is 2. The molecule has 0 saturated heterocycles. The average Bonchev–Trinajstić information content (AvgIpc) is 2.40. The molecule has 0 heterocycles. The van der Waals surface area contributed by atoms with Gasteiger partial charge in [0.2, 0.25) is 0 Å². The minimum atomic E-state index is -0.526. The van der Waals surface area contributed by atoms with Crippen molar-refractivity contribution < 1.29 is 5.11 Å². The highest BCUT2D eigenvalue weighted by molar-refractivity contribution is 14.1. The van der Waals surface area contributed by atoms with Crippen LogP contribution in [-0.2, 0) is 11.8 Å². The molecule has 2 nitrogen and oxygen atoms in total. The van der Waals surface area contributed by atoms with Crippen molar-refractivity contribution in [2.24, 2.45) is 5.73 Å². The molecule has 0 spiro atoms. The van der Waals surface area contributed by atoms with E-state index in [1.807, 2.05) is 0 Å². The molecule has 2 aliphatic carbocycles. The van der Waals surface area contributed by atoms with Crippen molar-refractivity contribution in [3.05, 3.63) is 32.9 Å². The maximum atomic E-state index is 11.3. The van der Waals surface area contributed by atoms with E-state index in [0.29, 0.717) is 6.54 Å². The second-order valence-electron chi connectivity index (χ2n) is 6.16. The van der Waals surface area contributed by atoms with E-state index >= 15 is 0 Å². The lowest BCUT2D eigenvalue weighted by atomic mass is 9.53. The molecule has 1 aromatic rings. The summed E-state index contributed by atoms with van der Waals surface area (Å²) in [5.74, 6) is 0. The number of aryl methyl sites for hydroxylation is 1. The summed E-state index contributed by atoms with van der Waals surface area (Å²) in [6.07, 6.45) is 7.23. The van der Waals surface area contributed by atoms with Crippen LogP contribution in [0, 0.1) is 3.57 Å². The maximum Gasteiger partial charge on any atom is 0.0747 e. The maximum absolute atomic E-state index is 11.3. The van der Waals surface area contributed by atoms with E-state index in [1.165, 1.54) is 21.1 Å². The van der Waals surface area contributed by atoms with Crippen LogP contribution in [0.3, 0.4) is 0 Å². The lowest BCUT2D eigenvalue weighted by Crippen LogP contribution is -2.57. The molecule has 2 aliphatic rings. The summed E-state index contributed by atoms with van der Waals surface area (Å²) < 4.78 is 1.27. The molecular formula is C16H22INO. The summed E-state index contributed by atoms with van der Waals surface area (Å²) in [5, 5.41) is 11.3. The number of fused-ring (bicyclic) bond motifs is 3. The Morgan fingerprint density at radius 3 is 2.79 bits per heavy atom. The summed E-state index contributed by atoms with van der Waals surface area (Å²) in [5.41, 5.74) is 8.11. The predicted molar refractivity (Wildman–Crippen MR) is 86.2 cm³/mol. The van der Waals surface area contributed by atoms with Crippen LogP contribution in [0.5, 0.6) is 0 Å². The minimum Gasteiger partial charge on any atom is -0.389 e. The van der Waals surface area contributed by atoms with Gasteiger partial charge in [-0.3, -0.25) is 0 Å². The van der Waals surface area contributed by atoms with Crippen molar-refractivity contribution in [2.45, 2.75) is 56.0 Å². The molecule has 1 aromatic carbocycles. The first-order chi connectivity index (χ1) is 9.11. The van der Waals surface area contributed by atoms with Crippen LogP contribution in [-0.4, -0.2) is 17.3 Å². The molecule has 3 heteroatoms. The number of benzene rings is 1. The Kier molecular flexibility index (Phi) is 3.65. The van der Waals surface area contributed by atoms with Crippen LogP contribution in [0.4, 0.5) is 0 Å². The van der Waals surface area contributed by atoms with E-state index in [1.54, 1.807) is 0 Å². The summed E-state index contributed by atoms with van der Waals surface area (Å²) in [7, 11) is 0. The van der Waals surface area contributed by atoms with Gasteiger partial charge in [-0.15, -0.1) is 0 Å². The van der Waals surface area contributed by atoms with Gasteiger partial charge >= 0.3 is 0 Å². The molecular weight excluding hydrogens is 349 g/mol. The SMILES string of the molecule is NCC[C@@]12CCCC[C@]1(O)CCc1ccc(I)cc12. The van der Waals surface area contributed by atoms with Crippen LogP contribution in [0.2, 0.25) is 0 Å². The summed E-state index contributed by atoms with van der Waals surface area (Å²) in [4.78, 5) is 0. The quantitative estimate of drug-likeness (QED) is 0.785. The molecule has 0 unspecified atom stereocenters. The first kappa shape index (κ1) is 13.8. The van der Waals surface area contributed by atoms with Crippen LogP contribution >= 0.6 is 22.6 Å². The van der Waals surface area contributed by atoms with Gasteiger partial charge in [-0.2, -0.15) is 0 Å². The Balaban J connectivity index is 2.17. The van der Waals surface area contributed by atoms with Crippen molar-refractivity contribution in [3.8, 4) is 0 Å². The van der Waals surface area contributed by atoms with Crippen LogP contribution in [0.25, 0.3) is 0 Å². The molecule has 19 heavy (non-hydrogen) atoms. The molecule has 0 bridgehead atoms. The van der Waals surface area contributed by atoms with E-state index < -0.39 is 5.60 Å². The highest BCUT2D eigenvalue weighted by atomic mass is 127. The zero-order valence-corrected chi connectivity index (χ0v) is 13.4. The molecule has 2 atom stereocenters. The second-order valence-corrected chi connectivity index (χ2v) is 7.41. The number of hydrogen-bond donors (Lipinski definition) is 2. The molecule has 0 amide bonds. The number of nitrogens with two attached hydrogens (primary N) is 1. The standard InChI is InChI=1S/C16H22INO/c17-13-4-3-12-5-8-16(19)7-2-1-6-15(16,9-10-18)14(12)11-13/h3-4,11,19H,1-2,5-10,18H2/t15-,16+/m1/s1. The van der Waals surface area contributed by atoms with Gasteiger partial charge in [-0.05, 0) is 84.5 Å². The van der Waals surface area contributed by atoms with Gasteiger partial charge in [0.15, 0.2) is 0 Å². The summed E-state index contributed by atoms with van der Waals surface area (Å²) >= 11 is 2.38. The topological polar surface area (TPSA) is 46.2 Å². The number of halogens is 1. The Bertz CT molecular complexity index is 486. The molecule has 1 fully saturated rings. The van der Waals surface area contributed by atoms with Crippen molar-refractivity contribution in [1.82, 2.24) is 0 Å². The molecule has 3 rings (SSSR count). The van der Waals surface area contributed by atoms with Gasteiger partial charge in [-0.25, -0.2) is 0 Å². The zero-order chi connectivity index (χ0) is 13.5. The predicted octanol–water partition coefficient (Wildman–Crippen LogP) is 3.13. The monoisotopic (exact) mass is 371 g/mol. The van der Waals surface area contributed by atoms with E-state index in [-0.39, 0.29) is 5.41 Å². The van der Waals surface area contributed by atoms with E-state index in [2.05, 4.69) is 40.8 Å². The summed E-state index contributed by atoms with van der Waals surface area (Å²) in [6.45, 7) is 0.660. The normalized spacial score (nSPS) is 33.6. The highest BCUT2D eigenvalue weighted by Crippen LogP contribution is 2.54. The van der Waals surface area contributed by atoms with Crippen LogP contribution in [0.1, 0.15) is 49.7 Å². The molecule has 3 N–H and O–H groups in total. The molecule has 0 radical (unpaired) electrons. The average molecular weight is 371 g/mol. The molecule has 1 saturated carbocycles. The van der Waals surface area contributed by atoms with E-state index in [4.69, 9.17) is 5.73 Å². The number of aliphatic hydroxyl groups is 1. The number of rotatable bonds is 2. The van der Waals surface area contributed by atoms with E-state index in [9.17, 15) is 5.11 Å². The molecule has 104 valence electrons. The van der Waals surface area contributed by atoms with Gasteiger partial charge in [0, 0.05) is 8.99 Å². The first-order valence-electron chi connectivity index (χ1n) is 7.33. The van der Waals surface area contributed by atoms with Gasteiger partial charge in [0.1, 0.15) is 0 Å². The third-order valence-electron chi connectivity index (χ3n) is 5.30. The zero-order valence-electron chi connectivity index (χ0n) is 11.3. The lowest BCUT2D eigenvalue weighted by Gasteiger charge is -2.54. The third kappa shape index (κ3) is 2.05. The molecule has 0 aliphatic heterocycles. The fraction of sp³-hybridized carbons (Fsp3) is 0.625. The van der Waals surface area contributed by atoms with Crippen LogP contribution < -0.4 is 5.73 Å². The van der Waals surface area contributed by atoms with Crippen LogP contribution in [0.15, 0.2) is 18.2 Å². The van der Waals surface area contributed by atoms with Crippen molar-refractivity contribution in [3.63, 3.8) is 0 Å². The third-order valence-corrected chi connectivity index (χ3v) is 5.97. The fourth-order valence-electron chi connectivity index (χ4n) is 4.36. The smallest absolute Gasteiger partial charge is 0.0747 e. The lowest BCUT2D eigenvalue weighted by molar-refractivity contribution is -0.0862. The van der Waals surface area contributed by atoms with Crippen molar-refractivity contribution >= 4 is 22.6 Å².